The van der Waals surface area contributed by atoms with Crippen LogP contribution >= 0.6 is 0 Å². The SMILES string of the molecule is CC(=O)c1ccc(NC(=O)C2CCCN(C(=O)C(F)(F)F)C2)cc1. The highest BCUT2D eigenvalue weighted by Crippen LogP contribution is 2.24. The number of ketones is 1. The van der Waals surface area contributed by atoms with Gasteiger partial charge in [0.05, 0.1) is 5.92 Å². The molecule has 1 aliphatic heterocycles. The lowest BCUT2D eigenvalue weighted by molar-refractivity contribution is -0.187. The molecule has 1 atom stereocenters. The first-order valence-electron chi connectivity index (χ1n) is 7.46. The summed E-state index contributed by atoms with van der Waals surface area (Å²) in [5.74, 6) is -3.16. The highest BCUT2D eigenvalue weighted by atomic mass is 19.4. The Morgan fingerprint density at radius 2 is 1.79 bits per heavy atom. The van der Waals surface area contributed by atoms with Crippen LogP contribution < -0.4 is 5.32 Å². The van der Waals surface area contributed by atoms with Crippen LogP contribution in [0.4, 0.5) is 18.9 Å². The molecule has 0 bridgehead atoms. The second-order valence-corrected chi connectivity index (χ2v) is 5.71. The molecule has 2 amide bonds. The number of nitrogens with zero attached hydrogens (tertiary/aromatic N) is 1. The van der Waals surface area contributed by atoms with E-state index in [1.165, 1.54) is 6.92 Å². The van der Waals surface area contributed by atoms with E-state index in [9.17, 15) is 27.6 Å². The standard InChI is InChI=1S/C16H17F3N2O3/c1-10(22)11-4-6-13(7-5-11)20-14(23)12-3-2-8-21(9-12)15(24)16(17,18)19/h4-7,12H,2-3,8-9H2,1H3,(H,20,23). The van der Waals surface area contributed by atoms with E-state index in [2.05, 4.69) is 5.32 Å². The molecule has 2 rings (SSSR count). The Kier molecular flexibility index (Phi) is 5.26. The molecule has 24 heavy (non-hydrogen) atoms. The van der Waals surface area contributed by atoms with Crippen LogP contribution in [-0.2, 0) is 9.59 Å². The Hall–Kier alpha value is -2.38. The first-order valence-corrected chi connectivity index (χ1v) is 7.46. The molecule has 8 heteroatoms. The minimum absolute atomic E-state index is 0.00453. The van der Waals surface area contributed by atoms with Gasteiger partial charge in [0, 0.05) is 24.3 Å². The number of likely N-dealkylation sites (tertiary alicyclic amines) is 1. The molecule has 130 valence electrons. The minimum Gasteiger partial charge on any atom is -0.334 e. The van der Waals surface area contributed by atoms with E-state index < -0.39 is 23.9 Å². The number of nitrogens with one attached hydrogen (secondary N) is 1. The van der Waals surface area contributed by atoms with Crippen molar-refractivity contribution >= 4 is 23.3 Å². The van der Waals surface area contributed by atoms with Crippen molar-refractivity contribution in [3.8, 4) is 0 Å². The number of alkyl halides is 3. The topological polar surface area (TPSA) is 66.5 Å². The van der Waals surface area contributed by atoms with Crippen molar-refractivity contribution < 1.29 is 27.6 Å². The molecular weight excluding hydrogens is 325 g/mol. The Labute approximate surface area is 136 Å². The molecule has 1 aliphatic rings. The van der Waals surface area contributed by atoms with E-state index in [0.717, 1.165) is 0 Å². The summed E-state index contributed by atoms with van der Waals surface area (Å²) >= 11 is 0. The predicted molar refractivity (Wildman–Crippen MR) is 80.4 cm³/mol. The van der Waals surface area contributed by atoms with E-state index in [4.69, 9.17) is 0 Å². The molecule has 1 saturated heterocycles. The summed E-state index contributed by atoms with van der Waals surface area (Å²) in [6.07, 6.45) is -4.18. The fourth-order valence-corrected chi connectivity index (χ4v) is 2.59. The van der Waals surface area contributed by atoms with Gasteiger partial charge in [0.15, 0.2) is 5.78 Å². The first kappa shape index (κ1) is 18.0. The summed E-state index contributed by atoms with van der Waals surface area (Å²) in [6.45, 7) is 1.16. The Balaban J connectivity index is 1.99. The van der Waals surface area contributed by atoms with Gasteiger partial charge in [-0.2, -0.15) is 13.2 Å². The van der Waals surface area contributed by atoms with Gasteiger partial charge >= 0.3 is 12.1 Å². The number of carbonyl (C=O) groups excluding carboxylic acids is 3. The van der Waals surface area contributed by atoms with Crippen LogP contribution in [0.1, 0.15) is 30.1 Å². The Morgan fingerprint density at radius 1 is 1.17 bits per heavy atom. The van der Waals surface area contributed by atoms with Crippen molar-refractivity contribution in [3.63, 3.8) is 0 Å². The number of hydrogen-bond donors (Lipinski definition) is 1. The lowest BCUT2D eigenvalue weighted by Crippen LogP contribution is -2.48. The number of carbonyl (C=O) groups is 3. The molecule has 1 unspecified atom stereocenters. The third-order valence-electron chi connectivity index (χ3n) is 3.88. The van der Waals surface area contributed by atoms with E-state index >= 15 is 0 Å². The molecule has 1 heterocycles. The maximum absolute atomic E-state index is 12.5. The monoisotopic (exact) mass is 342 g/mol. The maximum atomic E-state index is 12.5. The van der Waals surface area contributed by atoms with Gasteiger partial charge in [0.2, 0.25) is 5.91 Å². The summed E-state index contributed by atoms with van der Waals surface area (Å²) in [6, 6.07) is 6.21. The largest absolute Gasteiger partial charge is 0.471 e. The predicted octanol–water partition coefficient (Wildman–Crippen LogP) is 2.63. The average Bonchev–Trinajstić information content (AvgIpc) is 2.54. The van der Waals surface area contributed by atoms with Crippen molar-refractivity contribution in [2.75, 3.05) is 18.4 Å². The maximum Gasteiger partial charge on any atom is 0.471 e. The molecular formula is C16H17F3N2O3. The molecule has 1 fully saturated rings. The van der Waals surface area contributed by atoms with E-state index in [0.29, 0.717) is 29.0 Å². The zero-order valence-corrected chi connectivity index (χ0v) is 13.0. The van der Waals surface area contributed by atoms with Crippen LogP contribution in [0.25, 0.3) is 0 Å². The third kappa shape index (κ3) is 4.33. The summed E-state index contributed by atoms with van der Waals surface area (Å²) in [4.78, 5) is 35.4. The van der Waals surface area contributed by atoms with Gasteiger partial charge in [-0.1, -0.05) is 0 Å². The van der Waals surface area contributed by atoms with E-state index in [1.54, 1.807) is 24.3 Å². The molecule has 0 saturated carbocycles. The smallest absolute Gasteiger partial charge is 0.334 e. The Bertz CT molecular complexity index is 641. The molecule has 5 nitrogen and oxygen atoms in total. The number of rotatable bonds is 3. The van der Waals surface area contributed by atoms with Gasteiger partial charge in [0.25, 0.3) is 0 Å². The van der Waals surface area contributed by atoms with Crippen LogP contribution in [0.15, 0.2) is 24.3 Å². The summed E-state index contributed by atoms with van der Waals surface area (Å²) in [7, 11) is 0. The highest BCUT2D eigenvalue weighted by molar-refractivity contribution is 5.96. The highest BCUT2D eigenvalue weighted by Gasteiger charge is 2.44. The lowest BCUT2D eigenvalue weighted by atomic mass is 9.97. The summed E-state index contributed by atoms with van der Waals surface area (Å²) in [5.41, 5.74) is 0.942. The van der Waals surface area contributed by atoms with Gasteiger partial charge in [0.1, 0.15) is 0 Å². The molecule has 0 aromatic heterocycles. The summed E-state index contributed by atoms with van der Waals surface area (Å²) in [5, 5.41) is 2.61. The zero-order valence-electron chi connectivity index (χ0n) is 13.0. The van der Waals surface area contributed by atoms with Crippen molar-refractivity contribution in [2.24, 2.45) is 5.92 Å². The van der Waals surface area contributed by atoms with Crippen molar-refractivity contribution in [3.05, 3.63) is 29.8 Å². The third-order valence-corrected chi connectivity index (χ3v) is 3.88. The molecule has 0 aliphatic carbocycles. The fourth-order valence-electron chi connectivity index (χ4n) is 2.59. The average molecular weight is 342 g/mol. The van der Waals surface area contributed by atoms with Crippen LogP contribution in [-0.4, -0.2) is 41.8 Å². The van der Waals surface area contributed by atoms with E-state index in [1.807, 2.05) is 0 Å². The summed E-state index contributed by atoms with van der Waals surface area (Å²) < 4.78 is 37.5. The second kappa shape index (κ2) is 7.02. The number of anilines is 1. The van der Waals surface area contributed by atoms with Crippen LogP contribution in [0.5, 0.6) is 0 Å². The van der Waals surface area contributed by atoms with E-state index in [-0.39, 0.29) is 18.9 Å². The first-order chi connectivity index (χ1) is 11.2. The zero-order chi connectivity index (χ0) is 17.9. The van der Waals surface area contributed by atoms with Gasteiger partial charge in [-0.3, -0.25) is 14.4 Å². The van der Waals surface area contributed by atoms with Gasteiger partial charge in [-0.15, -0.1) is 0 Å². The number of benzene rings is 1. The number of hydrogen-bond acceptors (Lipinski definition) is 3. The van der Waals surface area contributed by atoms with Gasteiger partial charge in [-0.25, -0.2) is 0 Å². The number of amides is 2. The van der Waals surface area contributed by atoms with Crippen molar-refractivity contribution in [2.45, 2.75) is 25.9 Å². The fraction of sp³-hybridized carbons (Fsp3) is 0.438. The number of halogens is 3. The van der Waals surface area contributed by atoms with Gasteiger partial charge in [-0.05, 0) is 44.0 Å². The normalized spacial score (nSPS) is 18.2. The van der Waals surface area contributed by atoms with Crippen LogP contribution in [0.2, 0.25) is 0 Å². The molecule has 1 aromatic carbocycles. The Morgan fingerprint density at radius 3 is 2.33 bits per heavy atom. The van der Waals surface area contributed by atoms with Crippen molar-refractivity contribution in [1.82, 2.24) is 4.90 Å². The molecule has 0 spiro atoms. The number of Topliss-reactive ketones (excluding diaryl/α,β-unsaturated/α-hetero) is 1. The lowest BCUT2D eigenvalue weighted by Gasteiger charge is -2.32. The molecule has 1 N–H and O–H groups in total. The van der Waals surface area contributed by atoms with Crippen LogP contribution in [0, 0.1) is 5.92 Å². The minimum atomic E-state index is -4.93. The second-order valence-electron chi connectivity index (χ2n) is 5.71. The molecule has 1 aromatic rings. The van der Waals surface area contributed by atoms with Crippen LogP contribution in [0.3, 0.4) is 0 Å². The number of piperidine rings is 1. The van der Waals surface area contributed by atoms with Gasteiger partial charge < -0.3 is 10.2 Å². The molecule has 0 radical (unpaired) electrons. The quantitative estimate of drug-likeness (QED) is 0.859. The van der Waals surface area contributed by atoms with Crippen molar-refractivity contribution in [1.29, 1.82) is 0 Å².